The smallest absolute Gasteiger partial charge is 0.273 e. The van der Waals surface area contributed by atoms with E-state index in [1.54, 1.807) is 31.3 Å². The first kappa shape index (κ1) is 27.5. The van der Waals surface area contributed by atoms with Crippen LogP contribution in [0.15, 0.2) is 58.5 Å². The molecule has 0 aliphatic carbocycles. The van der Waals surface area contributed by atoms with Crippen molar-refractivity contribution in [1.29, 1.82) is 0 Å². The normalized spacial score (nSPS) is 12.3. The molecule has 0 aliphatic heterocycles. The molecule has 0 bridgehead atoms. The van der Waals surface area contributed by atoms with Crippen LogP contribution in [0.1, 0.15) is 43.1 Å². The van der Waals surface area contributed by atoms with Gasteiger partial charge in [0.25, 0.3) is 5.56 Å². The van der Waals surface area contributed by atoms with Crippen LogP contribution >= 0.6 is 11.6 Å². The number of sulfonamides is 1. The van der Waals surface area contributed by atoms with Crippen molar-refractivity contribution in [3.05, 3.63) is 81.0 Å². The van der Waals surface area contributed by atoms with Gasteiger partial charge in [-0.25, -0.2) is 17.8 Å². The number of hydrogen-bond donors (Lipinski definition) is 3. The first-order valence-corrected chi connectivity index (χ1v) is 13.4. The van der Waals surface area contributed by atoms with Crippen molar-refractivity contribution in [1.82, 2.24) is 19.5 Å². The monoisotopic (exact) mass is 532 g/mol. The highest BCUT2D eigenvalue weighted by atomic mass is 35.5. The number of amides is 1. The highest BCUT2D eigenvalue weighted by molar-refractivity contribution is 7.89. The minimum absolute atomic E-state index is 0.0732. The molecule has 1 atom stereocenters. The molecule has 0 saturated heterocycles. The quantitative estimate of drug-likeness (QED) is 0.343. The van der Waals surface area contributed by atoms with Gasteiger partial charge in [-0.15, -0.1) is 0 Å². The molecule has 12 heteroatoms. The van der Waals surface area contributed by atoms with Gasteiger partial charge in [-0.3, -0.25) is 14.6 Å². The molecule has 1 aromatic carbocycles. The van der Waals surface area contributed by atoms with Crippen molar-refractivity contribution >= 4 is 33.2 Å². The maximum atomic E-state index is 13.1. The molecule has 36 heavy (non-hydrogen) atoms. The summed E-state index contributed by atoms with van der Waals surface area (Å²) >= 11 is 6.00. The number of benzene rings is 1. The zero-order chi connectivity index (χ0) is 26.3. The van der Waals surface area contributed by atoms with Crippen molar-refractivity contribution in [3.63, 3.8) is 0 Å². The Labute approximate surface area is 214 Å². The van der Waals surface area contributed by atoms with E-state index >= 15 is 0 Å². The van der Waals surface area contributed by atoms with Crippen molar-refractivity contribution in [2.75, 3.05) is 11.9 Å². The van der Waals surface area contributed by atoms with Gasteiger partial charge in [0.1, 0.15) is 6.04 Å². The number of nitrogens with zero attached hydrogens (tertiary/aromatic N) is 3. The van der Waals surface area contributed by atoms with E-state index in [1.807, 2.05) is 19.1 Å². The van der Waals surface area contributed by atoms with E-state index in [-0.39, 0.29) is 40.7 Å². The van der Waals surface area contributed by atoms with E-state index in [2.05, 4.69) is 20.1 Å². The summed E-state index contributed by atoms with van der Waals surface area (Å²) < 4.78 is 29.8. The SMILES string of the molecule is CCc1ccc(NC(=O)C(CC)n2ncc(Cl)c(CN)c2=O)cc1S(=O)(=O)NCCc1ccccn1. The van der Waals surface area contributed by atoms with Gasteiger partial charge in [-0.2, -0.15) is 5.10 Å². The Morgan fingerprint density at radius 1 is 1.22 bits per heavy atom. The lowest BCUT2D eigenvalue weighted by atomic mass is 10.1. The average molecular weight is 533 g/mol. The summed E-state index contributed by atoms with van der Waals surface area (Å²) in [4.78, 5) is 30.1. The van der Waals surface area contributed by atoms with Crippen LogP contribution in [-0.2, 0) is 34.2 Å². The number of nitrogens with one attached hydrogen (secondary N) is 2. The molecule has 0 radical (unpaired) electrons. The van der Waals surface area contributed by atoms with Crippen molar-refractivity contribution in [2.24, 2.45) is 5.73 Å². The third kappa shape index (κ3) is 6.35. The van der Waals surface area contributed by atoms with E-state index in [9.17, 15) is 18.0 Å². The van der Waals surface area contributed by atoms with E-state index in [1.165, 1.54) is 12.3 Å². The molecule has 4 N–H and O–H groups in total. The molecule has 0 fully saturated rings. The first-order valence-electron chi connectivity index (χ1n) is 11.5. The largest absolute Gasteiger partial charge is 0.326 e. The zero-order valence-corrected chi connectivity index (χ0v) is 21.6. The van der Waals surface area contributed by atoms with Crippen LogP contribution < -0.4 is 21.3 Å². The molecule has 3 aromatic rings. The first-order chi connectivity index (χ1) is 17.2. The fourth-order valence-electron chi connectivity index (χ4n) is 3.70. The van der Waals surface area contributed by atoms with Gasteiger partial charge >= 0.3 is 0 Å². The van der Waals surface area contributed by atoms with Gasteiger partial charge in [0.2, 0.25) is 15.9 Å². The Morgan fingerprint density at radius 2 is 2.00 bits per heavy atom. The summed E-state index contributed by atoms with van der Waals surface area (Å²) in [5.74, 6) is -0.520. The lowest BCUT2D eigenvalue weighted by Crippen LogP contribution is -2.37. The standard InChI is InChI=1S/C24H29ClN6O4S/c1-3-16-8-9-18(13-22(16)36(34,35)29-12-10-17-7-5-6-11-27-17)30-23(32)21(4-2)31-24(33)19(14-26)20(25)15-28-31/h5-9,11,13,15,21,29H,3-4,10,12,14,26H2,1-2H3,(H,30,32). The van der Waals surface area contributed by atoms with Crippen LogP contribution in [0.25, 0.3) is 0 Å². The van der Waals surface area contributed by atoms with E-state index < -0.39 is 27.5 Å². The predicted molar refractivity (Wildman–Crippen MR) is 138 cm³/mol. The number of rotatable bonds is 11. The average Bonchev–Trinajstić information content (AvgIpc) is 2.86. The summed E-state index contributed by atoms with van der Waals surface area (Å²) in [6.45, 7) is 3.66. The van der Waals surface area contributed by atoms with Crippen molar-refractivity contribution in [3.8, 4) is 0 Å². The zero-order valence-electron chi connectivity index (χ0n) is 20.1. The van der Waals surface area contributed by atoms with Crippen LogP contribution in [0.4, 0.5) is 5.69 Å². The summed E-state index contributed by atoms with van der Waals surface area (Å²) in [7, 11) is -3.86. The Balaban J connectivity index is 1.82. The third-order valence-corrected chi connectivity index (χ3v) is 7.51. The topological polar surface area (TPSA) is 149 Å². The van der Waals surface area contributed by atoms with Crippen molar-refractivity contribution < 1.29 is 13.2 Å². The second kappa shape index (κ2) is 12.2. The summed E-state index contributed by atoms with van der Waals surface area (Å²) in [5, 5.41) is 6.85. The number of hydrogen-bond acceptors (Lipinski definition) is 7. The molecule has 0 aliphatic rings. The fourth-order valence-corrected chi connectivity index (χ4v) is 5.26. The molecule has 1 unspecified atom stereocenters. The highest BCUT2D eigenvalue weighted by Gasteiger charge is 2.24. The van der Waals surface area contributed by atoms with Gasteiger partial charge < -0.3 is 11.1 Å². The van der Waals surface area contributed by atoms with Crippen LogP contribution in [0.3, 0.4) is 0 Å². The lowest BCUT2D eigenvalue weighted by molar-refractivity contribution is -0.119. The molecule has 0 spiro atoms. The number of nitrogens with two attached hydrogens (primary N) is 1. The van der Waals surface area contributed by atoms with Gasteiger partial charge in [0.05, 0.1) is 21.7 Å². The Hall–Kier alpha value is -3.12. The maximum Gasteiger partial charge on any atom is 0.273 e. The van der Waals surface area contributed by atoms with Crippen LogP contribution in [0.5, 0.6) is 0 Å². The highest BCUT2D eigenvalue weighted by Crippen LogP contribution is 2.23. The number of pyridine rings is 1. The number of anilines is 1. The van der Waals surface area contributed by atoms with Crippen LogP contribution in [0, 0.1) is 0 Å². The Kier molecular flexibility index (Phi) is 9.32. The fraction of sp³-hybridized carbons (Fsp3) is 0.333. The Bertz CT molecular complexity index is 1380. The van der Waals surface area contributed by atoms with Gasteiger partial charge in [0, 0.05) is 37.1 Å². The molecule has 2 heterocycles. The van der Waals surface area contributed by atoms with Crippen LogP contribution in [-0.4, -0.2) is 35.6 Å². The molecule has 1 amide bonds. The number of aryl methyl sites for hydroxylation is 1. The summed E-state index contributed by atoms with van der Waals surface area (Å²) in [5.41, 5.74) is 6.89. The predicted octanol–water partition coefficient (Wildman–Crippen LogP) is 2.42. The molecule has 2 aromatic heterocycles. The molecule has 192 valence electrons. The van der Waals surface area contributed by atoms with E-state index in [0.29, 0.717) is 18.4 Å². The number of carbonyl (C=O) groups is 1. The number of halogens is 1. The van der Waals surface area contributed by atoms with E-state index in [0.717, 1.165) is 10.4 Å². The minimum atomic E-state index is -3.86. The molecular weight excluding hydrogens is 504 g/mol. The Morgan fingerprint density at radius 3 is 2.64 bits per heavy atom. The maximum absolute atomic E-state index is 13.1. The van der Waals surface area contributed by atoms with Crippen molar-refractivity contribution in [2.45, 2.75) is 50.6 Å². The van der Waals surface area contributed by atoms with Crippen LogP contribution in [0.2, 0.25) is 5.02 Å². The summed E-state index contributed by atoms with van der Waals surface area (Å²) in [6.07, 6.45) is 4.10. The van der Waals surface area contributed by atoms with Gasteiger partial charge in [-0.1, -0.05) is 37.6 Å². The third-order valence-electron chi connectivity index (χ3n) is 5.64. The van der Waals surface area contributed by atoms with E-state index in [4.69, 9.17) is 17.3 Å². The second-order valence-corrected chi connectivity index (χ2v) is 10.1. The lowest BCUT2D eigenvalue weighted by Gasteiger charge is -2.18. The molecule has 3 rings (SSSR count). The molecule has 0 saturated carbocycles. The molecule has 10 nitrogen and oxygen atoms in total. The summed E-state index contributed by atoms with van der Waals surface area (Å²) in [6, 6.07) is 9.21. The minimum Gasteiger partial charge on any atom is -0.326 e. The number of aromatic nitrogens is 3. The van der Waals surface area contributed by atoms with Gasteiger partial charge in [0.15, 0.2) is 0 Å². The second-order valence-electron chi connectivity index (χ2n) is 7.98. The molecular formula is C24H29ClN6O4S. The van der Waals surface area contributed by atoms with Gasteiger partial charge in [-0.05, 0) is 42.7 Å². The number of carbonyl (C=O) groups excluding carboxylic acids is 1.